The molecule has 0 aliphatic heterocycles. The molecular formula is C29H30Cl2N4. The van der Waals surface area contributed by atoms with Gasteiger partial charge in [0.25, 0.3) is 0 Å². The van der Waals surface area contributed by atoms with Gasteiger partial charge in [0.05, 0.1) is 17.6 Å². The number of nitrogens with one attached hydrogen (secondary N) is 1. The van der Waals surface area contributed by atoms with Crippen LogP contribution in [0.1, 0.15) is 62.8 Å². The van der Waals surface area contributed by atoms with Gasteiger partial charge in [-0.2, -0.15) is 0 Å². The summed E-state index contributed by atoms with van der Waals surface area (Å²) in [6, 6.07) is 18.1. The third-order valence-corrected chi connectivity index (χ3v) is 8.10. The maximum atomic E-state index is 7.86. The Kier molecular flexibility index (Phi) is 5.73. The molecule has 5 rings (SSSR count). The van der Waals surface area contributed by atoms with Crippen LogP contribution >= 0.6 is 23.2 Å². The van der Waals surface area contributed by atoms with Crippen LogP contribution in [0.2, 0.25) is 10.0 Å². The zero-order valence-electron chi connectivity index (χ0n) is 20.5. The van der Waals surface area contributed by atoms with E-state index in [1.54, 1.807) is 6.07 Å². The van der Waals surface area contributed by atoms with Gasteiger partial charge in [-0.3, -0.25) is 5.41 Å². The fourth-order valence-electron chi connectivity index (χ4n) is 5.23. The number of benzene rings is 3. The van der Waals surface area contributed by atoms with E-state index in [2.05, 4.69) is 50.5 Å². The van der Waals surface area contributed by atoms with E-state index >= 15 is 0 Å². The van der Waals surface area contributed by atoms with E-state index in [1.807, 2.05) is 30.3 Å². The predicted molar refractivity (Wildman–Crippen MR) is 147 cm³/mol. The van der Waals surface area contributed by atoms with Crippen molar-refractivity contribution in [3.05, 3.63) is 86.9 Å². The average molecular weight is 505 g/mol. The number of halogens is 2. The summed E-state index contributed by atoms with van der Waals surface area (Å²) in [5.41, 5.74) is 13.3. The fourth-order valence-corrected chi connectivity index (χ4v) is 5.69. The van der Waals surface area contributed by atoms with Crippen LogP contribution in [0.25, 0.3) is 22.4 Å². The van der Waals surface area contributed by atoms with Gasteiger partial charge in [-0.05, 0) is 76.8 Å². The number of fused-ring (bicyclic) bond motifs is 2. The van der Waals surface area contributed by atoms with Gasteiger partial charge in [-0.15, -0.1) is 0 Å². The molecule has 0 unspecified atom stereocenters. The van der Waals surface area contributed by atoms with Gasteiger partial charge in [0, 0.05) is 21.2 Å². The molecule has 180 valence electrons. The first-order chi connectivity index (χ1) is 16.5. The second kappa shape index (κ2) is 8.39. The molecule has 1 aromatic heterocycles. The zero-order chi connectivity index (χ0) is 25.1. The van der Waals surface area contributed by atoms with Gasteiger partial charge < -0.3 is 10.3 Å². The van der Waals surface area contributed by atoms with Crippen LogP contribution in [-0.2, 0) is 17.4 Å². The van der Waals surface area contributed by atoms with Crippen molar-refractivity contribution in [3.63, 3.8) is 0 Å². The number of aromatic nitrogens is 2. The van der Waals surface area contributed by atoms with Crippen molar-refractivity contribution in [2.45, 2.75) is 57.9 Å². The Morgan fingerprint density at radius 2 is 1.66 bits per heavy atom. The average Bonchev–Trinajstić information content (AvgIpc) is 3.16. The van der Waals surface area contributed by atoms with Gasteiger partial charge >= 0.3 is 0 Å². The number of rotatable bonds is 4. The van der Waals surface area contributed by atoms with Crippen molar-refractivity contribution in [1.82, 2.24) is 9.55 Å². The highest BCUT2D eigenvalue weighted by atomic mass is 35.5. The summed E-state index contributed by atoms with van der Waals surface area (Å²) < 4.78 is 2.19. The lowest BCUT2D eigenvalue weighted by Gasteiger charge is -2.42. The molecule has 4 aromatic rings. The molecule has 0 amide bonds. The van der Waals surface area contributed by atoms with Crippen LogP contribution in [0, 0.1) is 5.41 Å². The Bertz CT molecular complexity index is 1480. The Labute approximate surface area is 216 Å². The lowest BCUT2D eigenvalue weighted by Crippen LogP contribution is -2.33. The van der Waals surface area contributed by atoms with E-state index in [9.17, 15) is 0 Å². The Balaban J connectivity index is 1.72. The first-order valence-corrected chi connectivity index (χ1v) is 12.7. The highest BCUT2D eigenvalue weighted by molar-refractivity contribution is 6.35. The van der Waals surface area contributed by atoms with Gasteiger partial charge in [0.1, 0.15) is 11.7 Å². The topological polar surface area (TPSA) is 67.7 Å². The number of hydrogen-bond acceptors (Lipinski definition) is 2. The van der Waals surface area contributed by atoms with Gasteiger partial charge in [-0.25, -0.2) is 4.98 Å². The van der Waals surface area contributed by atoms with Crippen molar-refractivity contribution in [2.24, 2.45) is 5.73 Å². The van der Waals surface area contributed by atoms with Gasteiger partial charge in [-0.1, -0.05) is 69.1 Å². The molecule has 0 atom stereocenters. The largest absolute Gasteiger partial charge is 0.384 e. The van der Waals surface area contributed by atoms with E-state index in [0.29, 0.717) is 22.2 Å². The number of nitrogen functional groups attached to an aromatic ring is 1. The summed E-state index contributed by atoms with van der Waals surface area (Å²) in [6.45, 7) is 9.89. The number of nitrogens with zero attached hydrogens (tertiary/aromatic N) is 2. The number of amidine groups is 1. The summed E-state index contributed by atoms with van der Waals surface area (Å²) in [4.78, 5) is 5.04. The molecule has 0 spiro atoms. The predicted octanol–water partition coefficient (Wildman–Crippen LogP) is 7.69. The summed E-state index contributed by atoms with van der Waals surface area (Å²) in [5.74, 6) is 0.898. The van der Waals surface area contributed by atoms with Crippen molar-refractivity contribution in [3.8, 4) is 11.4 Å². The maximum absolute atomic E-state index is 7.86. The molecule has 35 heavy (non-hydrogen) atoms. The minimum atomic E-state index is 0.0292. The normalized spacial score (nSPS) is 16.3. The first-order valence-electron chi connectivity index (χ1n) is 11.9. The quantitative estimate of drug-likeness (QED) is 0.221. The van der Waals surface area contributed by atoms with Gasteiger partial charge in [0.2, 0.25) is 0 Å². The summed E-state index contributed by atoms with van der Waals surface area (Å²) >= 11 is 12.7. The van der Waals surface area contributed by atoms with Crippen LogP contribution in [-0.4, -0.2) is 15.4 Å². The number of imidazole rings is 1. The SMILES string of the molecule is CC1(C)CCC(C)(C)c2cc(-c3nc4cc(C(=N)N)ccc4n3Cc3ccc(Cl)cc3Cl)ccc21. The van der Waals surface area contributed by atoms with E-state index < -0.39 is 0 Å². The van der Waals surface area contributed by atoms with Crippen LogP contribution in [0.5, 0.6) is 0 Å². The van der Waals surface area contributed by atoms with E-state index in [4.69, 9.17) is 39.3 Å². The summed E-state index contributed by atoms with van der Waals surface area (Å²) in [6.07, 6.45) is 2.32. The lowest BCUT2D eigenvalue weighted by molar-refractivity contribution is 0.332. The Hall–Kier alpha value is -2.82. The monoisotopic (exact) mass is 504 g/mol. The third-order valence-electron chi connectivity index (χ3n) is 7.51. The van der Waals surface area contributed by atoms with Crippen LogP contribution in [0.15, 0.2) is 54.6 Å². The molecule has 1 aliphatic carbocycles. The molecule has 0 saturated carbocycles. The van der Waals surface area contributed by atoms with Crippen molar-refractivity contribution in [2.75, 3.05) is 0 Å². The Morgan fingerprint density at radius 3 is 2.34 bits per heavy atom. The van der Waals surface area contributed by atoms with Gasteiger partial charge in [0.15, 0.2) is 0 Å². The smallest absolute Gasteiger partial charge is 0.141 e. The molecule has 0 bridgehead atoms. The van der Waals surface area contributed by atoms with E-state index in [0.717, 1.165) is 34.4 Å². The highest BCUT2D eigenvalue weighted by Crippen LogP contribution is 2.47. The Morgan fingerprint density at radius 1 is 0.943 bits per heavy atom. The number of hydrogen-bond donors (Lipinski definition) is 2. The maximum Gasteiger partial charge on any atom is 0.141 e. The van der Waals surface area contributed by atoms with E-state index in [-0.39, 0.29) is 16.7 Å². The molecule has 0 radical (unpaired) electrons. The standard InChI is InChI=1S/C29H30Cl2N4/c1-28(2)11-12-29(3,4)22-13-18(6-9-21(22)28)27-34-24-14-17(26(32)33)7-10-25(24)35(27)16-19-5-8-20(30)15-23(19)31/h5-10,13-15H,11-12,16H2,1-4H3,(H3,32,33). The minimum absolute atomic E-state index is 0.0292. The molecule has 4 nitrogen and oxygen atoms in total. The van der Waals surface area contributed by atoms with E-state index in [1.165, 1.54) is 17.5 Å². The second-order valence-electron chi connectivity index (χ2n) is 10.9. The molecule has 0 fully saturated rings. The zero-order valence-corrected chi connectivity index (χ0v) is 22.1. The van der Waals surface area contributed by atoms with Crippen molar-refractivity contribution < 1.29 is 0 Å². The minimum Gasteiger partial charge on any atom is -0.384 e. The van der Waals surface area contributed by atoms with Crippen LogP contribution in [0.4, 0.5) is 0 Å². The molecular weight excluding hydrogens is 475 g/mol. The number of nitrogens with two attached hydrogens (primary N) is 1. The third kappa shape index (κ3) is 4.23. The molecule has 3 N–H and O–H groups in total. The van der Waals surface area contributed by atoms with Crippen molar-refractivity contribution in [1.29, 1.82) is 5.41 Å². The fraction of sp³-hybridized carbons (Fsp3) is 0.310. The summed E-state index contributed by atoms with van der Waals surface area (Å²) in [7, 11) is 0. The summed E-state index contributed by atoms with van der Waals surface area (Å²) in [5, 5.41) is 9.10. The highest BCUT2D eigenvalue weighted by Gasteiger charge is 2.37. The molecule has 0 saturated heterocycles. The second-order valence-corrected chi connectivity index (χ2v) is 11.7. The first kappa shape index (κ1) is 23.9. The molecule has 1 aliphatic rings. The van der Waals surface area contributed by atoms with Crippen LogP contribution in [0.3, 0.4) is 0 Å². The lowest BCUT2D eigenvalue weighted by atomic mass is 9.63. The molecule has 3 aromatic carbocycles. The van der Waals surface area contributed by atoms with Crippen molar-refractivity contribution >= 4 is 40.1 Å². The van der Waals surface area contributed by atoms with Crippen LogP contribution < -0.4 is 5.73 Å². The molecule has 1 heterocycles. The molecule has 6 heteroatoms.